The number of allylic oxidation sites excluding steroid dienone is 1. The number of aromatic nitrogens is 4. The molecule has 0 saturated carbocycles. The molecule has 1 N–H and O–H groups in total. The summed E-state index contributed by atoms with van der Waals surface area (Å²) in [6, 6.07) is 7.90. The number of amides is 1. The lowest BCUT2D eigenvalue weighted by Gasteiger charge is -2.13. The van der Waals surface area contributed by atoms with Crippen LogP contribution in [0.4, 0.5) is 18.9 Å². The lowest BCUT2D eigenvalue weighted by atomic mass is 10.2. The highest BCUT2D eigenvalue weighted by Crippen LogP contribution is 2.30. The van der Waals surface area contributed by atoms with Crippen LogP contribution in [0.25, 0.3) is 11.4 Å². The van der Waals surface area contributed by atoms with Crippen molar-refractivity contribution in [3.8, 4) is 11.4 Å². The third kappa shape index (κ3) is 5.07. The largest absolute Gasteiger partial charge is 0.416 e. The van der Waals surface area contributed by atoms with Crippen LogP contribution < -0.4 is 5.32 Å². The number of pyridine rings is 1. The molecular weight excluding hydrogens is 415 g/mol. The van der Waals surface area contributed by atoms with E-state index < -0.39 is 17.0 Å². The van der Waals surface area contributed by atoms with Crippen molar-refractivity contribution in [1.82, 2.24) is 19.7 Å². The van der Waals surface area contributed by atoms with Gasteiger partial charge in [0.25, 0.3) is 0 Å². The molecule has 0 fully saturated rings. The Bertz CT molecular complexity index is 1020. The molecule has 3 aromatic rings. The SMILES string of the molecule is C=CCn1c(SC(C)C(=O)Nc2ccc(C(F)(F)F)cc2)nnc1-c1ccncc1. The van der Waals surface area contributed by atoms with E-state index in [9.17, 15) is 18.0 Å². The van der Waals surface area contributed by atoms with E-state index in [0.29, 0.717) is 17.5 Å². The maximum Gasteiger partial charge on any atom is 0.416 e. The summed E-state index contributed by atoms with van der Waals surface area (Å²) >= 11 is 1.19. The van der Waals surface area contributed by atoms with E-state index in [1.54, 1.807) is 37.5 Å². The molecular formula is C20H18F3N5OS. The summed E-state index contributed by atoms with van der Waals surface area (Å²) in [5.74, 6) is 0.258. The third-order valence-corrected chi connectivity index (χ3v) is 5.18. The second kappa shape index (κ2) is 9.12. The minimum Gasteiger partial charge on any atom is -0.325 e. The third-order valence-electron chi connectivity index (χ3n) is 4.10. The highest BCUT2D eigenvalue weighted by Gasteiger charge is 2.30. The van der Waals surface area contributed by atoms with Crippen LogP contribution in [0.2, 0.25) is 0 Å². The molecule has 1 amide bonds. The van der Waals surface area contributed by atoms with Crippen LogP contribution in [0.1, 0.15) is 12.5 Å². The number of carbonyl (C=O) groups excluding carboxylic acids is 1. The first-order valence-electron chi connectivity index (χ1n) is 8.89. The number of benzene rings is 1. The molecule has 10 heteroatoms. The second-order valence-electron chi connectivity index (χ2n) is 6.27. The summed E-state index contributed by atoms with van der Waals surface area (Å²) in [6.07, 6.45) is 0.572. The van der Waals surface area contributed by atoms with Crippen LogP contribution in [0, 0.1) is 0 Å². The standard InChI is InChI=1S/C20H18F3N5OS/c1-3-12-28-17(14-8-10-24-11-9-14)26-27-19(28)30-13(2)18(29)25-16-6-4-15(5-7-16)20(21,22)23/h3-11,13H,1,12H2,2H3,(H,25,29). The Labute approximate surface area is 175 Å². The van der Waals surface area contributed by atoms with Gasteiger partial charge in [0.05, 0.1) is 10.8 Å². The normalized spacial score (nSPS) is 12.4. The summed E-state index contributed by atoms with van der Waals surface area (Å²) < 4.78 is 39.8. The van der Waals surface area contributed by atoms with Crippen LogP contribution in [0.15, 0.2) is 66.6 Å². The number of alkyl halides is 3. The number of nitrogens with zero attached hydrogens (tertiary/aromatic N) is 4. The average molecular weight is 433 g/mol. The molecule has 156 valence electrons. The van der Waals surface area contributed by atoms with Crippen LogP contribution >= 0.6 is 11.8 Å². The summed E-state index contributed by atoms with van der Waals surface area (Å²) in [5.41, 5.74) is 0.336. The zero-order chi connectivity index (χ0) is 21.7. The Kier molecular flexibility index (Phi) is 6.56. The monoisotopic (exact) mass is 433 g/mol. The summed E-state index contributed by atoms with van der Waals surface area (Å²) in [4.78, 5) is 16.5. The van der Waals surface area contributed by atoms with E-state index in [1.165, 1.54) is 23.9 Å². The van der Waals surface area contributed by atoms with Gasteiger partial charge in [0.15, 0.2) is 11.0 Å². The Hall–Kier alpha value is -3.14. The van der Waals surface area contributed by atoms with Gasteiger partial charge in [-0.25, -0.2) is 0 Å². The predicted molar refractivity (Wildman–Crippen MR) is 109 cm³/mol. The average Bonchev–Trinajstić information content (AvgIpc) is 3.11. The number of nitrogens with one attached hydrogen (secondary N) is 1. The van der Waals surface area contributed by atoms with Gasteiger partial charge in [0, 0.05) is 30.2 Å². The first-order chi connectivity index (χ1) is 14.3. The van der Waals surface area contributed by atoms with Crippen molar-refractivity contribution in [2.45, 2.75) is 30.1 Å². The lowest BCUT2D eigenvalue weighted by Crippen LogP contribution is -2.23. The van der Waals surface area contributed by atoms with Gasteiger partial charge >= 0.3 is 6.18 Å². The quantitative estimate of drug-likeness (QED) is 0.433. The smallest absolute Gasteiger partial charge is 0.325 e. The Morgan fingerprint density at radius 1 is 1.20 bits per heavy atom. The van der Waals surface area contributed by atoms with Gasteiger partial charge in [0.2, 0.25) is 5.91 Å². The minimum absolute atomic E-state index is 0.283. The fourth-order valence-corrected chi connectivity index (χ4v) is 3.44. The molecule has 2 aromatic heterocycles. The van der Waals surface area contributed by atoms with Gasteiger partial charge < -0.3 is 5.32 Å². The molecule has 30 heavy (non-hydrogen) atoms. The van der Waals surface area contributed by atoms with Gasteiger partial charge in [-0.3, -0.25) is 14.3 Å². The maximum atomic E-state index is 12.7. The highest BCUT2D eigenvalue weighted by molar-refractivity contribution is 8.00. The molecule has 0 bridgehead atoms. The molecule has 0 saturated heterocycles. The molecule has 2 heterocycles. The van der Waals surface area contributed by atoms with Crippen molar-refractivity contribution in [2.75, 3.05) is 5.32 Å². The first kappa shape index (κ1) is 21.6. The van der Waals surface area contributed by atoms with Crippen LogP contribution in [-0.4, -0.2) is 30.9 Å². The minimum atomic E-state index is -4.42. The zero-order valence-electron chi connectivity index (χ0n) is 15.9. The van der Waals surface area contributed by atoms with Crippen LogP contribution in [0.5, 0.6) is 0 Å². The fourth-order valence-electron chi connectivity index (χ4n) is 2.58. The van der Waals surface area contributed by atoms with E-state index in [0.717, 1.165) is 17.7 Å². The molecule has 1 atom stereocenters. The molecule has 6 nitrogen and oxygen atoms in total. The van der Waals surface area contributed by atoms with Crippen molar-refractivity contribution in [3.05, 3.63) is 67.0 Å². The van der Waals surface area contributed by atoms with Crippen molar-refractivity contribution in [3.63, 3.8) is 0 Å². The molecule has 0 spiro atoms. The number of hydrogen-bond donors (Lipinski definition) is 1. The van der Waals surface area contributed by atoms with E-state index in [2.05, 4.69) is 27.1 Å². The van der Waals surface area contributed by atoms with Crippen molar-refractivity contribution < 1.29 is 18.0 Å². The summed E-state index contributed by atoms with van der Waals surface area (Å²) in [6.45, 7) is 5.88. The highest BCUT2D eigenvalue weighted by atomic mass is 32.2. The van der Waals surface area contributed by atoms with E-state index in [-0.39, 0.29) is 11.6 Å². The number of hydrogen-bond acceptors (Lipinski definition) is 5. The molecule has 1 unspecified atom stereocenters. The van der Waals surface area contributed by atoms with Gasteiger partial charge in [-0.05, 0) is 43.3 Å². The van der Waals surface area contributed by atoms with Gasteiger partial charge in [-0.2, -0.15) is 13.2 Å². The molecule has 3 rings (SSSR count). The number of halogens is 3. The first-order valence-corrected chi connectivity index (χ1v) is 9.77. The molecule has 0 aliphatic carbocycles. The zero-order valence-corrected chi connectivity index (χ0v) is 16.7. The van der Waals surface area contributed by atoms with Gasteiger partial charge in [-0.15, -0.1) is 16.8 Å². The fraction of sp³-hybridized carbons (Fsp3) is 0.200. The van der Waals surface area contributed by atoms with Crippen molar-refractivity contribution in [2.24, 2.45) is 0 Å². The lowest BCUT2D eigenvalue weighted by molar-refractivity contribution is -0.137. The van der Waals surface area contributed by atoms with Gasteiger partial charge in [-0.1, -0.05) is 17.8 Å². The molecule has 1 aromatic carbocycles. The summed E-state index contributed by atoms with van der Waals surface area (Å²) in [5, 5.41) is 11.0. The Morgan fingerprint density at radius 2 is 1.87 bits per heavy atom. The number of anilines is 1. The van der Waals surface area contributed by atoms with E-state index >= 15 is 0 Å². The summed E-state index contributed by atoms with van der Waals surface area (Å²) in [7, 11) is 0. The topological polar surface area (TPSA) is 72.7 Å². The molecule has 0 aliphatic heterocycles. The molecule has 0 radical (unpaired) electrons. The maximum absolute atomic E-state index is 12.7. The predicted octanol–water partition coefficient (Wildman–Crippen LogP) is 4.66. The number of thioether (sulfide) groups is 1. The van der Waals surface area contributed by atoms with Crippen LogP contribution in [-0.2, 0) is 17.5 Å². The molecule has 0 aliphatic rings. The number of rotatable bonds is 7. The van der Waals surface area contributed by atoms with E-state index in [1.807, 2.05) is 4.57 Å². The second-order valence-corrected chi connectivity index (χ2v) is 7.57. The van der Waals surface area contributed by atoms with Gasteiger partial charge in [0.1, 0.15) is 0 Å². The van der Waals surface area contributed by atoms with Crippen LogP contribution in [0.3, 0.4) is 0 Å². The van der Waals surface area contributed by atoms with E-state index in [4.69, 9.17) is 0 Å². The van der Waals surface area contributed by atoms with Crippen molar-refractivity contribution in [1.29, 1.82) is 0 Å². The van der Waals surface area contributed by atoms with Crippen molar-refractivity contribution >= 4 is 23.4 Å². The Balaban J connectivity index is 1.72. The Morgan fingerprint density at radius 3 is 2.47 bits per heavy atom. The number of carbonyl (C=O) groups is 1.